The van der Waals surface area contributed by atoms with E-state index in [0.717, 1.165) is 0 Å². The molecule has 0 N–H and O–H groups in total. The third kappa shape index (κ3) is 2.96. The summed E-state index contributed by atoms with van der Waals surface area (Å²) in [4.78, 5) is 12.4. The summed E-state index contributed by atoms with van der Waals surface area (Å²) in [6.07, 6.45) is 1.84. The van der Waals surface area contributed by atoms with Gasteiger partial charge in [0, 0.05) is 13.2 Å². The molecule has 7 heteroatoms. The van der Waals surface area contributed by atoms with E-state index >= 15 is 0 Å². The first-order chi connectivity index (χ1) is 10.1. The number of methoxy groups -OCH3 is 3. The van der Waals surface area contributed by atoms with Crippen molar-refractivity contribution < 1.29 is 19.0 Å². The predicted octanol–water partition coefficient (Wildman–Crippen LogP) is 1.27. The normalized spacial score (nSPS) is 10.3. The Balaban J connectivity index is 2.36. The van der Waals surface area contributed by atoms with Crippen LogP contribution in [-0.4, -0.2) is 42.1 Å². The summed E-state index contributed by atoms with van der Waals surface area (Å²) < 4.78 is 17.3. The number of ether oxygens (including phenoxy) is 3. The SMILES string of the molecule is COc1ccc(C(=O)Cc2cn(C)nn2)c(OC)c1OC. The van der Waals surface area contributed by atoms with Gasteiger partial charge in [0.05, 0.1) is 39.0 Å². The van der Waals surface area contributed by atoms with Gasteiger partial charge in [0.25, 0.3) is 0 Å². The predicted molar refractivity (Wildman–Crippen MR) is 75.1 cm³/mol. The van der Waals surface area contributed by atoms with Gasteiger partial charge in [-0.2, -0.15) is 0 Å². The summed E-state index contributed by atoms with van der Waals surface area (Å²) in [5.41, 5.74) is 1.01. The molecule has 7 nitrogen and oxygen atoms in total. The minimum Gasteiger partial charge on any atom is -0.493 e. The zero-order valence-electron chi connectivity index (χ0n) is 12.4. The van der Waals surface area contributed by atoms with Crippen molar-refractivity contribution in [3.63, 3.8) is 0 Å². The zero-order valence-corrected chi connectivity index (χ0v) is 12.4. The van der Waals surface area contributed by atoms with E-state index in [1.165, 1.54) is 21.3 Å². The Bertz CT molecular complexity index is 652. The van der Waals surface area contributed by atoms with Crippen LogP contribution in [0.5, 0.6) is 17.2 Å². The van der Waals surface area contributed by atoms with E-state index in [2.05, 4.69) is 10.3 Å². The fraction of sp³-hybridized carbons (Fsp3) is 0.357. The number of aryl methyl sites for hydroxylation is 1. The van der Waals surface area contributed by atoms with Crippen LogP contribution in [0.25, 0.3) is 0 Å². The zero-order chi connectivity index (χ0) is 15.4. The second kappa shape index (κ2) is 6.25. The molecule has 2 rings (SSSR count). The molecule has 2 aromatic rings. The van der Waals surface area contributed by atoms with Crippen LogP contribution in [-0.2, 0) is 13.5 Å². The lowest BCUT2D eigenvalue weighted by Gasteiger charge is -2.14. The number of rotatable bonds is 6. The Kier molecular flexibility index (Phi) is 4.42. The molecule has 1 heterocycles. The van der Waals surface area contributed by atoms with Crippen LogP contribution in [0, 0.1) is 0 Å². The maximum atomic E-state index is 12.4. The molecule has 0 saturated heterocycles. The Hall–Kier alpha value is -2.57. The van der Waals surface area contributed by atoms with Gasteiger partial charge in [0.2, 0.25) is 5.75 Å². The van der Waals surface area contributed by atoms with Crippen LogP contribution in [0.15, 0.2) is 18.3 Å². The van der Waals surface area contributed by atoms with Crippen molar-refractivity contribution in [2.75, 3.05) is 21.3 Å². The standard InChI is InChI=1S/C14H17N3O4/c1-17-8-9(15-16-17)7-11(18)10-5-6-12(19-2)14(21-4)13(10)20-3/h5-6,8H,7H2,1-4H3. The summed E-state index contributed by atoms with van der Waals surface area (Å²) in [5, 5.41) is 7.71. The summed E-state index contributed by atoms with van der Waals surface area (Å²) >= 11 is 0. The highest BCUT2D eigenvalue weighted by atomic mass is 16.5. The second-order valence-corrected chi connectivity index (χ2v) is 4.37. The number of hydrogen-bond acceptors (Lipinski definition) is 6. The minimum absolute atomic E-state index is 0.131. The molecule has 0 radical (unpaired) electrons. The third-order valence-electron chi connectivity index (χ3n) is 3.00. The van der Waals surface area contributed by atoms with E-state index in [9.17, 15) is 4.79 Å². The van der Waals surface area contributed by atoms with Crippen LogP contribution < -0.4 is 14.2 Å². The largest absolute Gasteiger partial charge is 0.493 e. The van der Waals surface area contributed by atoms with E-state index in [1.54, 1.807) is 30.1 Å². The van der Waals surface area contributed by atoms with Gasteiger partial charge in [0.15, 0.2) is 17.3 Å². The number of carbonyl (C=O) groups is 1. The van der Waals surface area contributed by atoms with Crippen LogP contribution >= 0.6 is 0 Å². The summed E-state index contributed by atoms with van der Waals surface area (Å²) in [5.74, 6) is 1.12. The molecule has 0 aliphatic rings. The van der Waals surface area contributed by atoms with Crippen molar-refractivity contribution in [2.24, 2.45) is 7.05 Å². The number of ketones is 1. The van der Waals surface area contributed by atoms with Crippen molar-refractivity contribution in [3.05, 3.63) is 29.6 Å². The summed E-state index contributed by atoms with van der Waals surface area (Å²) in [6.45, 7) is 0. The molecule has 0 fully saturated rings. The van der Waals surface area contributed by atoms with E-state index in [0.29, 0.717) is 28.5 Å². The monoisotopic (exact) mass is 291 g/mol. The average Bonchev–Trinajstić information content (AvgIpc) is 2.90. The molecule has 0 aliphatic carbocycles. The average molecular weight is 291 g/mol. The highest BCUT2D eigenvalue weighted by molar-refractivity contribution is 6.01. The molecule has 112 valence electrons. The van der Waals surface area contributed by atoms with E-state index in [4.69, 9.17) is 14.2 Å². The maximum Gasteiger partial charge on any atom is 0.204 e. The van der Waals surface area contributed by atoms with Crippen LogP contribution in [0.3, 0.4) is 0 Å². The fourth-order valence-corrected chi connectivity index (χ4v) is 2.06. The Morgan fingerprint density at radius 3 is 2.38 bits per heavy atom. The number of benzene rings is 1. The maximum absolute atomic E-state index is 12.4. The van der Waals surface area contributed by atoms with Crippen LogP contribution in [0.4, 0.5) is 0 Å². The molecule has 0 atom stereocenters. The molecule has 1 aromatic carbocycles. The van der Waals surface area contributed by atoms with Crippen LogP contribution in [0.2, 0.25) is 0 Å². The Labute approximate surface area is 122 Å². The highest BCUT2D eigenvalue weighted by Gasteiger charge is 2.21. The number of nitrogens with zero attached hydrogens (tertiary/aromatic N) is 3. The number of Topliss-reactive ketones (excluding diaryl/α,β-unsaturated/α-hetero) is 1. The number of aromatic nitrogens is 3. The fourth-order valence-electron chi connectivity index (χ4n) is 2.06. The molecule has 1 aromatic heterocycles. The molecule has 0 saturated carbocycles. The van der Waals surface area contributed by atoms with E-state index in [1.807, 2.05) is 0 Å². The second-order valence-electron chi connectivity index (χ2n) is 4.37. The summed E-state index contributed by atoms with van der Waals surface area (Å²) in [7, 11) is 6.25. The van der Waals surface area contributed by atoms with Crippen molar-refractivity contribution in [2.45, 2.75) is 6.42 Å². The topological polar surface area (TPSA) is 75.5 Å². The lowest BCUT2D eigenvalue weighted by Crippen LogP contribution is -2.08. The first-order valence-corrected chi connectivity index (χ1v) is 6.28. The van der Waals surface area contributed by atoms with Crippen molar-refractivity contribution in [1.82, 2.24) is 15.0 Å². The molecule has 0 amide bonds. The molecule has 0 unspecified atom stereocenters. The van der Waals surface area contributed by atoms with Gasteiger partial charge in [-0.1, -0.05) is 5.21 Å². The van der Waals surface area contributed by atoms with Gasteiger partial charge in [-0.25, -0.2) is 0 Å². The molecule has 21 heavy (non-hydrogen) atoms. The number of hydrogen-bond donors (Lipinski definition) is 0. The minimum atomic E-state index is -0.131. The van der Waals surface area contributed by atoms with E-state index in [-0.39, 0.29) is 12.2 Å². The van der Waals surface area contributed by atoms with Crippen molar-refractivity contribution in [1.29, 1.82) is 0 Å². The summed E-state index contributed by atoms with van der Waals surface area (Å²) in [6, 6.07) is 3.32. The third-order valence-corrected chi connectivity index (χ3v) is 3.00. The van der Waals surface area contributed by atoms with Gasteiger partial charge in [-0.05, 0) is 12.1 Å². The van der Waals surface area contributed by atoms with Gasteiger partial charge in [-0.3, -0.25) is 9.48 Å². The molecule has 0 aliphatic heterocycles. The first-order valence-electron chi connectivity index (χ1n) is 6.28. The quantitative estimate of drug-likeness (QED) is 0.746. The Morgan fingerprint density at radius 2 is 1.86 bits per heavy atom. The Morgan fingerprint density at radius 1 is 1.14 bits per heavy atom. The lowest BCUT2D eigenvalue weighted by atomic mass is 10.0. The van der Waals surface area contributed by atoms with Gasteiger partial charge in [0.1, 0.15) is 0 Å². The van der Waals surface area contributed by atoms with Gasteiger partial charge in [-0.15, -0.1) is 5.10 Å². The first kappa shape index (κ1) is 14.8. The molecule has 0 bridgehead atoms. The van der Waals surface area contributed by atoms with Crippen molar-refractivity contribution >= 4 is 5.78 Å². The van der Waals surface area contributed by atoms with E-state index < -0.39 is 0 Å². The highest BCUT2D eigenvalue weighted by Crippen LogP contribution is 2.40. The van der Waals surface area contributed by atoms with Crippen LogP contribution in [0.1, 0.15) is 16.1 Å². The molecule has 0 spiro atoms. The number of carbonyl (C=O) groups excluding carboxylic acids is 1. The lowest BCUT2D eigenvalue weighted by molar-refractivity contribution is 0.0988. The van der Waals surface area contributed by atoms with Gasteiger partial charge >= 0.3 is 0 Å². The molecular formula is C14H17N3O4. The smallest absolute Gasteiger partial charge is 0.204 e. The van der Waals surface area contributed by atoms with Gasteiger partial charge < -0.3 is 14.2 Å². The molecular weight excluding hydrogens is 274 g/mol. The van der Waals surface area contributed by atoms with Crippen molar-refractivity contribution in [3.8, 4) is 17.2 Å².